The summed E-state index contributed by atoms with van der Waals surface area (Å²) >= 11 is 0. The van der Waals surface area contributed by atoms with Gasteiger partial charge in [-0.1, -0.05) is 12.1 Å². The van der Waals surface area contributed by atoms with Crippen LogP contribution in [0.4, 0.5) is 17.2 Å². The number of benzene rings is 1. The fourth-order valence-corrected chi connectivity index (χ4v) is 1.64. The number of methoxy groups -OCH3 is 1. The van der Waals surface area contributed by atoms with Gasteiger partial charge in [0, 0.05) is 7.05 Å². The van der Waals surface area contributed by atoms with Gasteiger partial charge in [0.1, 0.15) is 11.6 Å². The maximum atomic E-state index is 5.57. The van der Waals surface area contributed by atoms with Crippen molar-refractivity contribution in [2.24, 2.45) is 0 Å². The van der Waals surface area contributed by atoms with E-state index in [0.29, 0.717) is 5.82 Å². The van der Waals surface area contributed by atoms with E-state index in [2.05, 4.69) is 4.98 Å². The summed E-state index contributed by atoms with van der Waals surface area (Å²) in [6.45, 7) is 0. The third kappa shape index (κ3) is 2.30. The zero-order valence-corrected chi connectivity index (χ0v) is 9.92. The molecule has 0 aliphatic rings. The highest BCUT2D eigenvalue weighted by molar-refractivity contribution is 5.68. The number of anilines is 3. The molecular weight excluding hydrogens is 214 g/mol. The van der Waals surface area contributed by atoms with Gasteiger partial charge in [0.05, 0.1) is 24.7 Å². The van der Waals surface area contributed by atoms with Crippen LogP contribution in [0.5, 0.6) is 5.75 Å². The number of rotatable bonds is 3. The molecular formula is C13H15N3O. The summed E-state index contributed by atoms with van der Waals surface area (Å²) in [4.78, 5) is 6.08. The molecule has 2 aromatic rings. The lowest BCUT2D eigenvalue weighted by Crippen LogP contribution is -2.11. The maximum Gasteiger partial charge on any atom is 0.142 e. The molecule has 0 unspecified atom stereocenters. The molecule has 0 spiro atoms. The summed E-state index contributed by atoms with van der Waals surface area (Å²) in [5.74, 6) is 1.34. The van der Waals surface area contributed by atoms with Gasteiger partial charge in [-0.2, -0.15) is 0 Å². The quantitative estimate of drug-likeness (QED) is 0.878. The SMILES string of the molecule is COc1ccccc1N(C)c1ccc(N)nc1. The van der Waals surface area contributed by atoms with Crippen molar-refractivity contribution in [2.45, 2.75) is 0 Å². The van der Waals surface area contributed by atoms with Gasteiger partial charge < -0.3 is 15.4 Å². The first-order valence-corrected chi connectivity index (χ1v) is 5.30. The fraction of sp³-hybridized carbons (Fsp3) is 0.154. The van der Waals surface area contributed by atoms with E-state index in [-0.39, 0.29) is 0 Å². The largest absolute Gasteiger partial charge is 0.495 e. The Morgan fingerprint density at radius 3 is 2.59 bits per heavy atom. The Kier molecular flexibility index (Phi) is 3.14. The van der Waals surface area contributed by atoms with Gasteiger partial charge in [0.15, 0.2) is 0 Å². The Morgan fingerprint density at radius 1 is 1.18 bits per heavy atom. The van der Waals surface area contributed by atoms with Gasteiger partial charge in [0.25, 0.3) is 0 Å². The van der Waals surface area contributed by atoms with Gasteiger partial charge in [-0.05, 0) is 24.3 Å². The number of ether oxygens (including phenoxy) is 1. The van der Waals surface area contributed by atoms with Crippen molar-refractivity contribution in [3.63, 3.8) is 0 Å². The summed E-state index contributed by atoms with van der Waals surface area (Å²) in [7, 11) is 3.62. The summed E-state index contributed by atoms with van der Waals surface area (Å²) in [5.41, 5.74) is 7.52. The van der Waals surface area contributed by atoms with E-state index in [1.165, 1.54) is 0 Å². The van der Waals surface area contributed by atoms with Crippen LogP contribution in [0.25, 0.3) is 0 Å². The number of nitrogen functional groups attached to an aromatic ring is 1. The minimum Gasteiger partial charge on any atom is -0.495 e. The van der Waals surface area contributed by atoms with Crippen LogP contribution in [0.1, 0.15) is 0 Å². The van der Waals surface area contributed by atoms with Crippen LogP contribution in [0, 0.1) is 0 Å². The van der Waals surface area contributed by atoms with Gasteiger partial charge in [-0.25, -0.2) is 4.98 Å². The highest BCUT2D eigenvalue weighted by Gasteiger charge is 2.09. The molecule has 1 aromatic carbocycles. The third-order valence-corrected chi connectivity index (χ3v) is 2.60. The Morgan fingerprint density at radius 2 is 1.94 bits per heavy atom. The van der Waals surface area contributed by atoms with Crippen molar-refractivity contribution >= 4 is 17.2 Å². The third-order valence-electron chi connectivity index (χ3n) is 2.60. The summed E-state index contributed by atoms with van der Waals surface area (Å²) < 4.78 is 5.32. The molecule has 0 bridgehead atoms. The molecule has 0 saturated heterocycles. The zero-order chi connectivity index (χ0) is 12.3. The number of hydrogen-bond donors (Lipinski definition) is 1. The molecule has 2 rings (SSSR count). The molecule has 88 valence electrons. The van der Waals surface area contributed by atoms with Crippen molar-refractivity contribution in [1.82, 2.24) is 4.98 Å². The topological polar surface area (TPSA) is 51.4 Å². The van der Waals surface area contributed by atoms with E-state index in [9.17, 15) is 0 Å². The lowest BCUT2D eigenvalue weighted by molar-refractivity contribution is 0.415. The Labute approximate surface area is 101 Å². The molecule has 2 N–H and O–H groups in total. The predicted molar refractivity (Wildman–Crippen MR) is 69.7 cm³/mol. The van der Waals surface area contributed by atoms with Gasteiger partial charge >= 0.3 is 0 Å². The van der Waals surface area contributed by atoms with E-state index < -0.39 is 0 Å². The van der Waals surface area contributed by atoms with Crippen LogP contribution in [-0.2, 0) is 0 Å². The highest BCUT2D eigenvalue weighted by atomic mass is 16.5. The van der Waals surface area contributed by atoms with E-state index in [0.717, 1.165) is 17.1 Å². The molecule has 0 aliphatic heterocycles. The monoisotopic (exact) mass is 229 g/mol. The molecule has 1 aromatic heterocycles. The predicted octanol–water partition coefficient (Wildman–Crippen LogP) is 2.44. The molecule has 4 heteroatoms. The molecule has 17 heavy (non-hydrogen) atoms. The van der Waals surface area contributed by atoms with Gasteiger partial charge in [-0.15, -0.1) is 0 Å². The molecule has 0 saturated carbocycles. The first kappa shape index (κ1) is 11.3. The first-order chi connectivity index (χ1) is 8.22. The van der Waals surface area contributed by atoms with Crippen LogP contribution in [0.15, 0.2) is 42.6 Å². The molecule has 0 amide bonds. The van der Waals surface area contributed by atoms with E-state index in [1.54, 1.807) is 19.4 Å². The molecule has 0 aliphatic carbocycles. The first-order valence-electron chi connectivity index (χ1n) is 5.30. The van der Waals surface area contributed by atoms with Crippen LogP contribution in [0.3, 0.4) is 0 Å². The average molecular weight is 229 g/mol. The van der Waals surface area contributed by atoms with Crippen LogP contribution in [-0.4, -0.2) is 19.1 Å². The number of hydrogen-bond acceptors (Lipinski definition) is 4. The van der Waals surface area contributed by atoms with Gasteiger partial charge in [-0.3, -0.25) is 0 Å². The minimum atomic E-state index is 0.516. The number of aromatic nitrogens is 1. The molecule has 0 atom stereocenters. The maximum absolute atomic E-state index is 5.57. The van der Waals surface area contributed by atoms with Crippen molar-refractivity contribution in [3.05, 3.63) is 42.6 Å². The molecule has 1 heterocycles. The Balaban J connectivity index is 2.36. The Bertz CT molecular complexity index is 496. The number of nitrogens with two attached hydrogens (primary N) is 1. The second-order valence-electron chi connectivity index (χ2n) is 3.67. The minimum absolute atomic E-state index is 0.516. The number of para-hydroxylation sites is 2. The van der Waals surface area contributed by atoms with Crippen molar-refractivity contribution < 1.29 is 4.74 Å². The van der Waals surface area contributed by atoms with Crippen LogP contribution < -0.4 is 15.4 Å². The van der Waals surface area contributed by atoms with E-state index in [1.807, 2.05) is 42.3 Å². The Hall–Kier alpha value is -2.23. The van der Waals surface area contributed by atoms with Crippen molar-refractivity contribution in [2.75, 3.05) is 24.8 Å². The van der Waals surface area contributed by atoms with Crippen molar-refractivity contribution in [3.8, 4) is 5.75 Å². The second kappa shape index (κ2) is 4.74. The van der Waals surface area contributed by atoms with Gasteiger partial charge in [0.2, 0.25) is 0 Å². The lowest BCUT2D eigenvalue weighted by atomic mass is 10.2. The lowest BCUT2D eigenvalue weighted by Gasteiger charge is -2.21. The summed E-state index contributed by atoms with van der Waals surface area (Å²) in [6, 6.07) is 11.5. The number of pyridine rings is 1. The second-order valence-corrected chi connectivity index (χ2v) is 3.67. The fourth-order valence-electron chi connectivity index (χ4n) is 1.64. The van der Waals surface area contributed by atoms with Crippen LogP contribution in [0.2, 0.25) is 0 Å². The van der Waals surface area contributed by atoms with E-state index in [4.69, 9.17) is 10.5 Å². The molecule has 4 nitrogen and oxygen atoms in total. The summed E-state index contributed by atoms with van der Waals surface area (Å²) in [5, 5.41) is 0. The van der Waals surface area contributed by atoms with Crippen LogP contribution >= 0.6 is 0 Å². The highest BCUT2D eigenvalue weighted by Crippen LogP contribution is 2.31. The average Bonchev–Trinajstić information content (AvgIpc) is 2.39. The molecule has 0 fully saturated rings. The normalized spacial score (nSPS) is 10.0. The summed E-state index contributed by atoms with van der Waals surface area (Å²) in [6.07, 6.45) is 1.74. The van der Waals surface area contributed by atoms with E-state index >= 15 is 0 Å². The molecule has 0 radical (unpaired) electrons. The number of nitrogens with zero attached hydrogens (tertiary/aromatic N) is 2. The smallest absolute Gasteiger partial charge is 0.142 e. The zero-order valence-electron chi connectivity index (χ0n) is 9.92. The van der Waals surface area contributed by atoms with Crippen molar-refractivity contribution in [1.29, 1.82) is 0 Å². The standard InChI is InChI=1S/C13H15N3O/c1-16(10-7-8-13(14)15-9-10)11-5-3-4-6-12(11)17-2/h3-9H,1-2H3,(H2,14,15).